The summed E-state index contributed by atoms with van der Waals surface area (Å²) in [5, 5.41) is 24.7. The first-order chi connectivity index (χ1) is 34.0. The molecule has 1 atom stereocenters. The summed E-state index contributed by atoms with van der Waals surface area (Å²) in [7, 11) is 1.89. The molecule has 0 bridgehead atoms. The van der Waals surface area contributed by atoms with Crippen molar-refractivity contribution in [1.29, 1.82) is 0 Å². The first-order valence-corrected chi connectivity index (χ1v) is 24.1. The number of hydrogen-bond donors (Lipinski definition) is 3. The Kier molecular flexibility index (Phi) is 13.6. The average Bonchev–Trinajstić information content (AvgIpc) is 3.99. The van der Waals surface area contributed by atoms with Gasteiger partial charge in [-0.1, -0.05) is 48.5 Å². The molecule has 2 aliphatic heterocycles. The third-order valence-electron chi connectivity index (χ3n) is 13.4. The number of benzene rings is 3. The Hall–Kier alpha value is -7.32. The number of carboxylic acid groups (broad SMARTS) is 1. The van der Waals surface area contributed by atoms with Gasteiger partial charge >= 0.3 is 12.1 Å². The van der Waals surface area contributed by atoms with Crippen LogP contribution in [0, 0.1) is 20.8 Å². The molecule has 3 aromatic carbocycles. The molecular formula is C51H51F3N8O8S. The van der Waals surface area contributed by atoms with Crippen molar-refractivity contribution in [2.24, 2.45) is 7.05 Å². The number of piperazine rings is 1. The number of aromatic nitrogens is 4. The molecule has 71 heavy (non-hydrogen) atoms. The Morgan fingerprint density at radius 3 is 2.39 bits per heavy atom. The maximum Gasteiger partial charge on any atom is 0.433 e. The van der Waals surface area contributed by atoms with Crippen LogP contribution in [-0.4, -0.2) is 116 Å². The van der Waals surface area contributed by atoms with Gasteiger partial charge < -0.3 is 29.4 Å². The first-order valence-electron chi connectivity index (χ1n) is 23.2. The van der Waals surface area contributed by atoms with Crippen molar-refractivity contribution in [3.63, 3.8) is 0 Å². The average molecular weight is 993 g/mol. The SMILES string of the molecule is Cc1ccc2c(CCCOc3cccc4ccccc34)c(C(=O)O)n(CCN3CCN(C(=O)COc4cc(C(F)(F)F)nc5c(C(=O)NC6CCC(=O)NC6=O)scc45)CC3)c2c1-c1c(C)nn(C)c1C. The Bertz CT molecular complexity index is 3260. The molecule has 20 heteroatoms. The number of hydrogen-bond acceptors (Lipinski definition) is 11. The minimum Gasteiger partial charge on any atom is -0.493 e. The standard InChI is InChI=1S/C51H51F3N8O8S/c1-28-14-15-34-33(12-8-24-69-37-13-7-10-31-9-5-6-11-32(31)37)46(50(67)68)62(45(34)42(28)43-29(2)58-59(4)30(43)3)23-20-60-18-21-61(22-19-60)41(64)26-70-38-25-39(51(52,53)54)56-44-35(38)27-71-47(44)49(66)55-36-16-17-40(63)57-48(36)65/h5-7,9-11,13-15,25,27,36H,8,12,16-24,26H2,1-4H3,(H,55,66)(H,67,68)(H,57,63,65). The van der Waals surface area contributed by atoms with E-state index in [-0.39, 0.29) is 53.2 Å². The summed E-state index contributed by atoms with van der Waals surface area (Å²) >= 11 is 0.806. The maximum absolute atomic E-state index is 14.1. The van der Waals surface area contributed by atoms with Crippen molar-refractivity contribution in [2.75, 3.05) is 45.9 Å². The smallest absolute Gasteiger partial charge is 0.433 e. The summed E-state index contributed by atoms with van der Waals surface area (Å²) in [4.78, 5) is 71.3. The summed E-state index contributed by atoms with van der Waals surface area (Å²) in [5.74, 6) is -3.10. The number of ether oxygens (including phenoxy) is 2. The van der Waals surface area contributed by atoms with Crippen LogP contribution >= 0.6 is 11.3 Å². The minimum absolute atomic E-state index is 0.0156. The van der Waals surface area contributed by atoms with E-state index >= 15 is 0 Å². The zero-order valence-corrected chi connectivity index (χ0v) is 40.3. The predicted molar refractivity (Wildman–Crippen MR) is 260 cm³/mol. The fraction of sp³-hybridized carbons (Fsp3) is 0.353. The molecular weight excluding hydrogens is 942 g/mol. The number of halogens is 3. The van der Waals surface area contributed by atoms with E-state index in [2.05, 4.69) is 20.5 Å². The lowest BCUT2D eigenvalue weighted by atomic mass is 9.94. The van der Waals surface area contributed by atoms with Crippen LogP contribution in [0.15, 0.2) is 66.0 Å². The van der Waals surface area contributed by atoms with Crippen LogP contribution in [0.1, 0.15) is 67.6 Å². The van der Waals surface area contributed by atoms with E-state index in [1.54, 1.807) is 4.90 Å². The van der Waals surface area contributed by atoms with Crippen LogP contribution < -0.4 is 20.1 Å². The lowest BCUT2D eigenvalue weighted by Gasteiger charge is -2.35. The first kappa shape index (κ1) is 48.7. The summed E-state index contributed by atoms with van der Waals surface area (Å²) in [5.41, 5.74) is 4.70. The van der Waals surface area contributed by atoms with Gasteiger partial charge in [0.15, 0.2) is 6.61 Å². The number of carbonyl (C=O) groups is 5. The number of nitrogens with one attached hydrogen (secondary N) is 2. The van der Waals surface area contributed by atoms with Crippen LogP contribution in [-0.2, 0) is 40.6 Å². The van der Waals surface area contributed by atoms with Gasteiger partial charge in [0, 0.05) is 91.8 Å². The van der Waals surface area contributed by atoms with E-state index in [9.17, 15) is 42.3 Å². The Morgan fingerprint density at radius 1 is 0.915 bits per heavy atom. The molecule has 0 spiro atoms. The second-order valence-electron chi connectivity index (χ2n) is 17.9. The summed E-state index contributed by atoms with van der Waals surface area (Å²) < 4.78 is 58.1. The fourth-order valence-electron chi connectivity index (χ4n) is 9.71. The Labute approximate surface area is 409 Å². The van der Waals surface area contributed by atoms with Crippen molar-refractivity contribution < 1.29 is 51.7 Å². The zero-order chi connectivity index (χ0) is 50.3. The highest BCUT2D eigenvalue weighted by molar-refractivity contribution is 7.13. The molecule has 1 unspecified atom stereocenters. The molecule has 4 amide bonds. The number of pyridine rings is 1. The molecule has 3 N–H and O–H groups in total. The van der Waals surface area contributed by atoms with E-state index in [0.29, 0.717) is 57.3 Å². The highest BCUT2D eigenvalue weighted by Gasteiger charge is 2.36. The van der Waals surface area contributed by atoms with Crippen LogP contribution in [0.4, 0.5) is 13.2 Å². The number of carboxylic acids is 1. The van der Waals surface area contributed by atoms with E-state index in [1.165, 1.54) is 5.38 Å². The van der Waals surface area contributed by atoms with Gasteiger partial charge in [-0.05, 0) is 62.6 Å². The van der Waals surface area contributed by atoms with E-state index in [0.717, 1.165) is 66.8 Å². The molecule has 0 radical (unpaired) electrons. The van der Waals surface area contributed by atoms with Gasteiger partial charge in [0.2, 0.25) is 11.8 Å². The molecule has 2 saturated heterocycles. The van der Waals surface area contributed by atoms with Crippen LogP contribution in [0.3, 0.4) is 0 Å². The third-order valence-corrected chi connectivity index (χ3v) is 14.3. The Balaban J connectivity index is 0.905. The molecule has 4 aromatic heterocycles. The molecule has 0 aliphatic carbocycles. The van der Waals surface area contributed by atoms with Gasteiger partial charge in [-0.25, -0.2) is 9.78 Å². The van der Waals surface area contributed by atoms with Crippen molar-refractivity contribution in [3.8, 4) is 22.6 Å². The number of aromatic carboxylic acids is 1. The van der Waals surface area contributed by atoms with Gasteiger partial charge in [-0.2, -0.15) is 18.3 Å². The van der Waals surface area contributed by atoms with Crippen molar-refractivity contribution in [1.82, 2.24) is 39.8 Å². The van der Waals surface area contributed by atoms with E-state index in [4.69, 9.17) is 14.6 Å². The number of rotatable bonds is 15. The molecule has 7 aromatic rings. The van der Waals surface area contributed by atoms with Crippen LogP contribution in [0.25, 0.3) is 43.7 Å². The van der Waals surface area contributed by atoms with Crippen molar-refractivity contribution in [2.45, 2.75) is 65.2 Å². The number of piperidine rings is 1. The summed E-state index contributed by atoms with van der Waals surface area (Å²) in [6, 6.07) is 17.6. The van der Waals surface area contributed by atoms with Crippen LogP contribution in [0.5, 0.6) is 11.5 Å². The number of alkyl halides is 3. The predicted octanol–water partition coefficient (Wildman–Crippen LogP) is 7.22. The molecule has 6 heterocycles. The quantitative estimate of drug-likeness (QED) is 0.0695. The largest absolute Gasteiger partial charge is 0.493 e. The number of imide groups is 1. The molecule has 0 saturated carbocycles. The summed E-state index contributed by atoms with van der Waals surface area (Å²) in [6.07, 6.45) is -3.90. The number of nitrogens with zero attached hydrogens (tertiary/aromatic N) is 6. The number of carbonyl (C=O) groups excluding carboxylic acids is 4. The van der Waals surface area contributed by atoms with Gasteiger partial charge in [0.05, 0.1) is 28.7 Å². The molecule has 370 valence electrons. The lowest BCUT2D eigenvalue weighted by Crippen LogP contribution is -2.52. The van der Waals surface area contributed by atoms with E-state index < -0.39 is 54.1 Å². The second-order valence-corrected chi connectivity index (χ2v) is 18.7. The minimum atomic E-state index is -4.92. The van der Waals surface area contributed by atoms with Crippen molar-refractivity contribution >= 4 is 73.5 Å². The number of thiophene rings is 1. The number of aryl methyl sites for hydroxylation is 4. The zero-order valence-electron chi connectivity index (χ0n) is 39.4. The van der Waals surface area contributed by atoms with Gasteiger partial charge in [-0.3, -0.25) is 34.1 Å². The molecule has 16 nitrogen and oxygen atoms in total. The van der Waals surface area contributed by atoms with Crippen molar-refractivity contribution in [3.05, 3.63) is 105 Å². The second kappa shape index (κ2) is 19.8. The highest BCUT2D eigenvalue weighted by Crippen LogP contribution is 2.41. The molecule has 9 rings (SSSR count). The Morgan fingerprint density at radius 2 is 1.68 bits per heavy atom. The summed E-state index contributed by atoms with van der Waals surface area (Å²) in [6.45, 7) is 7.97. The molecule has 2 aliphatic rings. The topological polar surface area (TPSA) is 190 Å². The lowest BCUT2D eigenvalue weighted by molar-refractivity contribution is -0.141. The third kappa shape index (κ3) is 9.77. The highest BCUT2D eigenvalue weighted by atomic mass is 32.1. The maximum atomic E-state index is 14.1. The monoisotopic (exact) mass is 992 g/mol. The molecule has 2 fully saturated rings. The van der Waals surface area contributed by atoms with Crippen LogP contribution in [0.2, 0.25) is 0 Å². The van der Waals surface area contributed by atoms with E-state index in [1.807, 2.05) is 91.7 Å². The normalized spacial score (nSPS) is 15.7. The fourth-order valence-corrected chi connectivity index (χ4v) is 10.6. The van der Waals surface area contributed by atoms with Gasteiger partial charge in [-0.15, -0.1) is 11.3 Å². The number of amides is 4. The number of fused-ring (bicyclic) bond motifs is 3. The van der Waals surface area contributed by atoms with Gasteiger partial charge in [0.25, 0.3) is 11.8 Å². The van der Waals surface area contributed by atoms with Gasteiger partial charge in [0.1, 0.15) is 33.8 Å².